The summed E-state index contributed by atoms with van der Waals surface area (Å²) in [7, 11) is 0. The van der Waals surface area contributed by atoms with Crippen LogP contribution < -0.4 is 5.32 Å². The number of nitrogens with one attached hydrogen (secondary N) is 1. The van der Waals surface area contributed by atoms with Crippen molar-refractivity contribution >= 4 is 16.7 Å². The third-order valence-corrected chi connectivity index (χ3v) is 4.40. The Hall–Kier alpha value is -2.53. The second-order valence-corrected chi connectivity index (χ2v) is 6.20. The molecule has 24 heavy (non-hydrogen) atoms. The van der Waals surface area contributed by atoms with Gasteiger partial charge in [-0.2, -0.15) is 0 Å². The maximum Gasteiger partial charge on any atom is 0.145 e. The van der Waals surface area contributed by atoms with Crippen molar-refractivity contribution in [2.75, 3.05) is 18.4 Å². The van der Waals surface area contributed by atoms with Gasteiger partial charge < -0.3 is 5.32 Å². The summed E-state index contributed by atoms with van der Waals surface area (Å²) in [4.78, 5) is 16.1. The van der Waals surface area contributed by atoms with E-state index in [4.69, 9.17) is 9.97 Å². The zero-order valence-electron chi connectivity index (χ0n) is 13.7. The van der Waals surface area contributed by atoms with Gasteiger partial charge in [0.05, 0.1) is 12.1 Å². The summed E-state index contributed by atoms with van der Waals surface area (Å²) in [6, 6.07) is 12.2. The molecule has 0 saturated carbocycles. The molecule has 5 heteroatoms. The molecule has 1 fully saturated rings. The Morgan fingerprint density at radius 2 is 1.88 bits per heavy atom. The lowest BCUT2D eigenvalue weighted by atomic mass is 10.2. The molecule has 3 aromatic rings. The number of aromatic nitrogens is 3. The lowest BCUT2D eigenvalue weighted by Crippen LogP contribution is -2.20. The van der Waals surface area contributed by atoms with Gasteiger partial charge in [0.1, 0.15) is 11.6 Å². The quantitative estimate of drug-likeness (QED) is 0.782. The second-order valence-electron chi connectivity index (χ2n) is 6.20. The highest BCUT2D eigenvalue weighted by Gasteiger charge is 2.15. The van der Waals surface area contributed by atoms with Crippen molar-refractivity contribution in [2.45, 2.75) is 25.9 Å². The van der Waals surface area contributed by atoms with Crippen molar-refractivity contribution in [3.05, 3.63) is 60.2 Å². The summed E-state index contributed by atoms with van der Waals surface area (Å²) in [6.07, 6.45) is 6.22. The van der Waals surface area contributed by atoms with Crippen LogP contribution >= 0.6 is 0 Å². The monoisotopic (exact) mass is 319 g/mol. The molecule has 4 rings (SSSR count). The van der Waals surface area contributed by atoms with E-state index in [-0.39, 0.29) is 0 Å². The predicted octanol–water partition coefficient (Wildman–Crippen LogP) is 3.23. The highest BCUT2D eigenvalue weighted by atomic mass is 15.2. The normalized spacial score (nSPS) is 15.0. The molecule has 0 unspecified atom stereocenters. The summed E-state index contributed by atoms with van der Waals surface area (Å²) >= 11 is 0. The molecular formula is C19H21N5. The number of likely N-dealkylation sites (tertiary alicyclic amines) is 1. The average Bonchev–Trinajstić information content (AvgIpc) is 3.13. The Morgan fingerprint density at radius 1 is 1.00 bits per heavy atom. The molecule has 1 aliphatic rings. The van der Waals surface area contributed by atoms with E-state index in [0.717, 1.165) is 47.7 Å². The van der Waals surface area contributed by atoms with Crippen LogP contribution in [0.25, 0.3) is 10.9 Å². The third-order valence-electron chi connectivity index (χ3n) is 4.40. The first-order valence-electron chi connectivity index (χ1n) is 8.49. The molecule has 1 saturated heterocycles. The van der Waals surface area contributed by atoms with Crippen LogP contribution in [0.1, 0.15) is 24.2 Å². The molecule has 1 aromatic carbocycles. The number of hydrogen-bond donors (Lipinski definition) is 1. The topological polar surface area (TPSA) is 53.9 Å². The fraction of sp³-hybridized carbons (Fsp3) is 0.316. The van der Waals surface area contributed by atoms with Gasteiger partial charge in [-0.25, -0.2) is 9.97 Å². The number of anilines is 1. The minimum atomic E-state index is 0.706. The van der Waals surface area contributed by atoms with E-state index >= 15 is 0 Å². The van der Waals surface area contributed by atoms with Gasteiger partial charge in [0, 0.05) is 24.3 Å². The van der Waals surface area contributed by atoms with Gasteiger partial charge in [0.2, 0.25) is 0 Å². The van der Waals surface area contributed by atoms with Crippen LogP contribution in [0.2, 0.25) is 0 Å². The second kappa shape index (κ2) is 6.93. The fourth-order valence-corrected chi connectivity index (χ4v) is 3.16. The van der Waals surface area contributed by atoms with Crippen molar-refractivity contribution in [3.8, 4) is 0 Å². The van der Waals surface area contributed by atoms with E-state index in [1.807, 2.05) is 24.4 Å². The van der Waals surface area contributed by atoms with Crippen molar-refractivity contribution < 1.29 is 0 Å². The Morgan fingerprint density at radius 3 is 2.71 bits per heavy atom. The van der Waals surface area contributed by atoms with Gasteiger partial charge in [0.25, 0.3) is 0 Å². The molecule has 0 spiro atoms. The van der Waals surface area contributed by atoms with Gasteiger partial charge in [-0.3, -0.25) is 9.88 Å². The van der Waals surface area contributed by atoms with Gasteiger partial charge in [0.15, 0.2) is 0 Å². The summed E-state index contributed by atoms with van der Waals surface area (Å²) in [5.41, 5.74) is 2.14. The average molecular weight is 319 g/mol. The molecule has 1 N–H and O–H groups in total. The van der Waals surface area contributed by atoms with Crippen molar-refractivity contribution in [3.63, 3.8) is 0 Å². The highest BCUT2D eigenvalue weighted by molar-refractivity contribution is 5.88. The van der Waals surface area contributed by atoms with Crippen LogP contribution in [-0.4, -0.2) is 32.9 Å². The summed E-state index contributed by atoms with van der Waals surface area (Å²) in [5, 5.41) is 4.52. The molecular weight excluding hydrogens is 298 g/mol. The number of para-hydroxylation sites is 1. The Labute approximate surface area is 141 Å². The van der Waals surface area contributed by atoms with Crippen LogP contribution in [0.3, 0.4) is 0 Å². The van der Waals surface area contributed by atoms with E-state index in [1.165, 1.54) is 12.8 Å². The Bertz CT molecular complexity index is 812. The van der Waals surface area contributed by atoms with Crippen LogP contribution in [0.15, 0.2) is 48.8 Å². The molecule has 3 heterocycles. The Balaban J connectivity index is 1.61. The number of hydrogen-bond acceptors (Lipinski definition) is 5. The molecule has 0 atom stereocenters. The number of nitrogens with zero attached hydrogens (tertiary/aromatic N) is 4. The van der Waals surface area contributed by atoms with E-state index in [1.54, 1.807) is 6.20 Å². The van der Waals surface area contributed by atoms with E-state index in [2.05, 4.69) is 33.4 Å². The maximum absolute atomic E-state index is 4.80. The maximum atomic E-state index is 4.80. The summed E-state index contributed by atoms with van der Waals surface area (Å²) < 4.78 is 0. The van der Waals surface area contributed by atoms with Gasteiger partial charge in [-0.05, 0) is 49.7 Å². The molecule has 0 bridgehead atoms. The lowest BCUT2D eigenvalue weighted by Gasteiger charge is -2.15. The highest BCUT2D eigenvalue weighted by Crippen LogP contribution is 2.22. The number of fused-ring (bicyclic) bond motifs is 1. The SMILES string of the molecule is c1cncc(CNc2nc(CN3CCCC3)nc3ccccc23)c1. The number of benzene rings is 1. The van der Waals surface area contributed by atoms with Gasteiger partial charge in [-0.15, -0.1) is 0 Å². The van der Waals surface area contributed by atoms with Crippen LogP contribution in [-0.2, 0) is 13.1 Å². The first-order chi connectivity index (χ1) is 11.9. The zero-order valence-corrected chi connectivity index (χ0v) is 13.7. The van der Waals surface area contributed by atoms with E-state index in [0.29, 0.717) is 6.54 Å². The molecule has 0 aliphatic carbocycles. The molecule has 0 radical (unpaired) electrons. The number of rotatable bonds is 5. The molecule has 122 valence electrons. The van der Waals surface area contributed by atoms with E-state index in [9.17, 15) is 0 Å². The summed E-state index contributed by atoms with van der Waals surface area (Å²) in [6.45, 7) is 3.83. The van der Waals surface area contributed by atoms with Crippen molar-refractivity contribution in [1.29, 1.82) is 0 Å². The Kier molecular flexibility index (Phi) is 4.34. The smallest absolute Gasteiger partial charge is 0.145 e. The molecule has 2 aromatic heterocycles. The predicted molar refractivity (Wildman–Crippen MR) is 95.6 cm³/mol. The first kappa shape index (κ1) is 15.0. The van der Waals surface area contributed by atoms with Gasteiger partial charge in [-0.1, -0.05) is 18.2 Å². The molecule has 1 aliphatic heterocycles. The lowest BCUT2D eigenvalue weighted by molar-refractivity contribution is 0.323. The van der Waals surface area contributed by atoms with Crippen LogP contribution in [0, 0.1) is 0 Å². The van der Waals surface area contributed by atoms with Gasteiger partial charge >= 0.3 is 0 Å². The minimum absolute atomic E-state index is 0.706. The third kappa shape index (κ3) is 3.36. The van der Waals surface area contributed by atoms with Crippen LogP contribution in [0.4, 0.5) is 5.82 Å². The minimum Gasteiger partial charge on any atom is -0.365 e. The van der Waals surface area contributed by atoms with E-state index < -0.39 is 0 Å². The first-order valence-corrected chi connectivity index (χ1v) is 8.49. The van der Waals surface area contributed by atoms with Crippen molar-refractivity contribution in [2.24, 2.45) is 0 Å². The van der Waals surface area contributed by atoms with Crippen molar-refractivity contribution in [1.82, 2.24) is 19.9 Å². The summed E-state index contributed by atoms with van der Waals surface area (Å²) in [5.74, 6) is 1.79. The standard InChI is InChI=1S/C19H21N5/c1-2-8-17-16(7-1)19(21-13-15-6-5-9-20-12-15)23-18(22-17)14-24-10-3-4-11-24/h1-2,5-9,12H,3-4,10-11,13-14H2,(H,21,22,23). The molecule has 5 nitrogen and oxygen atoms in total. The number of pyridine rings is 1. The van der Waals surface area contributed by atoms with Crippen LogP contribution in [0.5, 0.6) is 0 Å². The zero-order chi connectivity index (χ0) is 16.2. The fourth-order valence-electron chi connectivity index (χ4n) is 3.16. The molecule has 0 amide bonds. The largest absolute Gasteiger partial charge is 0.365 e.